The maximum atomic E-state index is 11.2. The summed E-state index contributed by atoms with van der Waals surface area (Å²) in [7, 11) is 0. The van der Waals surface area contributed by atoms with Gasteiger partial charge in [-0.05, 0) is 19.1 Å². The Morgan fingerprint density at radius 1 is 1.37 bits per heavy atom. The molecule has 0 saturated carbocycles. The number of hydrogen-bond donors (Lipinski definition) is 3. The van der Waals surface area contributed by atoms with Gasteiger partial charge >= 0.3 is 5.97 Å². The number of aliphatic hydroxyl groups is 2. The molecule has 19 heavy (non-hydrogen) atoms. The molecule has 0 radical (unpaired) electrons. The first-order chi connectivity index (χ1) is 8.86. The third kappa shape index (κ3) is 4.24. The average Bonchev–Trinajstić information content (AvgIpc) is 2.33. The van der Waals surface area contributed by atoms with Crippen molar-refractivity contribution in [3.8, 4) is 0 Å². The van der Waals surface area contributed by atoms with Crippen LogP contribution in [0.4, 0.5) is 5.69 Å². The van der Waals surface area contributed by atoms with E-state index in [1.807, 2.05) is 0 Å². The highest BCUT2D eigenvalue weighted by molar-refractivity contribution is 6.35. The molecule has 4 N–H and O–H groups in total. The average molecular weight is 308 g/mol. The summed E-state index contributed by atoms with van der Waals surface area (Å²) < 4.78 is 4.68. The van der Waals surface area contributed by atoms with E-state index in [4.69, 9.17) is 28.9 Å². The second-order valence-corrected chi connectivity index (χ2v) is 4.73. The van der Waals surface area contributed by atoms with E-state index in [-0.39, 0.29) is 34.3 Å². The minimum atomic E-state index is -1.35. The van der Waals surface area contributed by atoms with Crippen molar-refractivity contribution in [2.24, 2.45) is 0 Å². The molecule has 1 aromatic rings. The molecule has 1 rings (SSSR count). The van der Waals surface area contributed by atoms with Gasteiger partial charge in [-0.25, -0.2) is 0 Å². The molecule has 0 aliphatic heterocycles. The fraction of sp³-hybridized carbons (Fsp3) is 0.417. The summed E-state index contributed by atoms with van der Waals surface area (Å²) in [6.07, 6.45) is -3.03. The van der Waals surface area contributed by atoms with Gasteiger partial charge in [0, 0.05) is 10.6 Å². The number of ether oxygens (including phenoxy) is 1. The van der Waals surface area contributed by atoms with Crippen molar-refractivity contribution in [2.45, 2.75) is 25.6 Å². The summed E-state index contributed by atoms with van der Waals surface area (Å²) in [4.78, 5) is 11.2. The Labute approximate surface area is 120 Å². The number of carbonyl (C=O) groups is 1. The van der Waals surface area contributed by atoms with Crippen molar-refractivity contribution in [1.29, 1.82) is 0 Å². The molecule has 0 saturated heterocycles. The molecule has 0 bridgehead atoms. The predicted molar refractivity (Wildman–Crippen MR) is 73.1 cm³/mol. The largest absolute Gasteiger partial charge is 0.466 e. The first-order valence-corrected chi connectivity index (χ1v) is 6.38. The smallest absolute Gasteiger partial charge is 0.308 e. The van der Waals surface area contributed by atoms with Gasteiger partial charge < -0.3 is 20.7 Å². The molecule has 106 valence electrons. The first-order valence-electron chi connectivity index (χ1n) is 5.63. The van der Waals surface area contributed by atoms with Crippen molar-refractivity contribution < 1.29 is 19.7 Å². The van der Waals surface area contributed by atoms with Crippen LogP contribution in [0.25, 0.3) is 0 Å². The van der Waals surface area contributed by atoms with E-state index in [0.717, 1.165) is 0 Å². The van der Waals surface area contributed by atoms with Crippen LogP contribution in [0.3, 0.4) is 0 Å². The van der Waals surface area contributed by atoms with E-state index in [9.17, 15) is 15.0 Å². The fourth-order valence-electron chi connectivity index (χ4n) is 1.51. The van der Waals surface area contributed by atoms with Gasteiger partial charge in [0.1, 0.15) is 6.10 Å². The van der Waals surface area contributed by atoms with Gasteiger partial charge in [0.25, 0.3) is 0 Å². The highest BCUT2D eigenvalue weighted by Crippen LogP contribution is 2.32. The van der Waals surface area contributed by atoms with E-state index in [0.29, 0.717) is 0 Å². The van der Waals surface area contributed by atoms with E-state index in [2.05, 4.69) is 4.74 Å². The topological polar surface area (TPSA) is 92.8 Å². The molecule has 0 heterocycles. The summed E-state index contributed by atoms with van der Waals surface area (Å²) in [6, 6.07) is 2.73. The van der Waals surface area contributed by atoms with Crippen molar-refractivity contribution >= 4 is 34.9 Å². The zero-order valence-corrected chi connectivity index (χ0v) is 11.8. The van der Waals surface area contributed by atoms with Crippen LogP contribution >= 0.6 is 23.2 Å². The Bertz CT molecular complexity index is 467. The normalized spacial score (nSPS) is 13.9. The molecule has 0 aromatic heterocycles. The van der Waals surface area contributed by atoms with E-state index >= 15 is 0 Å². The SMILES string of the molecule is CCOC(=O)CC(O)C(O)c1cc(Cl)c(N)cc1Cl. The molecule has 2 atom stereocenters. The lowest BCUT2D eigenvalue weighted by atomic mass is 10.0. The molecule has 5 nitrogen and oxygen atoms in total. The van der Waals surface area contributed by atoms with Crippen molar-refractivity contribution in [1.82, 2.24) is 0 Å². The minimum Gasteiger partial charge on any atom is -0.466 e. The van der Waals surface area contributed by atoms with Crippen LogP contribution in [0.1, 0.15) is 25.0 Å². The van der Waals surface area contributed by atoms with Crippen LogP contribution in [0.5, 0.6) is 0 Å². The Morgan fingerprint density at radius 2 is 2.00 bits per heavy atom. The van der Waals surface area contributed by atoms with Gasteiger partial charge in [-0.3, -0.25) is 4.79 Å². The summed E-state index contributed by atoms with van der Waals surface area (Å²) in [6.45, 7) is 1.85. The number of benzene rings is 1. The lowest BCUT2D eigenvalue weighted by Crippen LogP contribution is -2.23. The maximum Gasteiger partial charge on any atom is 0.308 e. The Hall–Kier alpha value is -1.01. The quantitative estimate of drug-likeness (QED) is 0.571. The van der Waals surface area contributed by atoms with Crippen LogP contribution < -0.4 is 5.73 Å². The van der Waals surface area contributed by atoms with Crippen LogP contribution in [0.15, 0.2) is 12.1 Å². The van der Waals surface area contributed by atoms with Crippen molar-refractivity contribution in [2.75, 3.05) is 12.3 Å². The zero-order valence-electron chi connectivity index (χ0n) is 10.3. The molecule has 1 aromatic carbocycles. The molecular formula is C12H15Cl2NO4. The molecule has 0 spiro atoms. The number of nitrogen functional groups attached to an aromatic ring is 1. The van der Waals surface area contributed by atoms with Gasteiger partial charge in [-0.1, -0.05) is 23.2 Å². The third-order valence-electron chi connectivity index (χ3n) is 2.48. The Morgan fingerprint density at radius 3 is 2.58 bits per heavy atom. The summed E-state index contributed by atoms with van der Waals surface area (Å²) in [5.74, 6) is -0.605. The van der Waals surface area contributed by atoms with E-state index in [1.54, 1.807) is 6.92 Å². The zero-order chi connectivity index (χ0) is 14.6. The molecule has 0 aliphatic rings. The standard InChI is InChI=1S/C12H15Cl2NO4/c1-2-19-11(17)5-10(16)12(18)6-3-8(14)9(15)4-7(6)13/h3-4,10,12,16,18H,2,5,15H2,1H3. The number of rotatable bonds is 5. The van der Waals surface area contributed by atoms with Crippen LogP contribution in [-0.4, -0.2) is 28.9 Å². The highest BCUT2D eigenvalue weighted by atomic mass is 35.5. The minimum absolute atomic E-state index is 0.164. The van der Waals surface area contributed by atoms with E-state index in [1.165, 1.54) is 12.1 Å². The van der Waals surface area contributed by atoms with Crippen LogP contribution in [0.2, 0.25) is 10.0 Å². The molecule has 2 unspecified atom stereocenters. The van der Waals surface area contributed by atoms with Gasteiger partial charge in [0.05, 0.1) is 29.8 Å². The second-order valence-electron chi connectivity index (χ2n) is 3.92. The number of anilines is 1. The maximum absolute atomic E-state index is 11.2. The number of aliphatic hydroxyl groups excluding tert-OH is 2. The summed E-state index contributed by atoms with van der Waals surface area (Å²) >= 11 is 11.7. The lowest BCUT2D eigenvalue weighted by molar-refractivity contribution is -0.147. The van der Waals surface area contributed by atoms with E-state index < -0.39 is 18.2 Å². The van der Waals surface area contributed by atoms with Crippen LogP contribution in [0, 0.1) is 0 Å². The summed E-state index contributed by atoms with van der Waals surface area (Å²) in [5.41, 5.74) is 6.02. The molecule has 0 fully saturated rings. The number of carbonyl (C=O) groups excluding carboxylic acids is 1. The third-order valence-corrected chi connectivity index (χ3v) is 3.13. The van der Waals surface area contributed by atoms with Gasteiger partial charge in [-0.2, -0.15) is 0 Å². The number of halogens is 2. The lowest BCUT2D eigenvalue weighted by Gasteiger charge is -2.19. The van der Waals surface area contributed by atoms with Crippen molar-refractivity contribution in [3.63, 3.8) is 0 Å². The Balaban J connectivity index is 2.85. The van der Waals surface area contributed by atoms with Gasteiger partial charge in [0.2, 0.25) is 0 Å². The monoisotopic (exact) mass is 307 g/mol. The number of nitrogens with two attached hydrogens (primary N) is 1. The van der Waals surface area contributed by atoms with Crippen LogP contribution in [-0.2, 0) is 9.53 Å². The fourth-order valence-corrected chi connectivity index (χ4v) is 1.97. The molecular weight excluding hydrogens is 293 g/mol. The molecule has 7 heteroatoms. The van der Waals surface area contributed by atoms with Gasteiger partial charge in [0.15, 0.2) is 0 Å². The predicted octanol–water partition coefficient (Wildman–Crippen LogP) is 1.92. The first kappa shape index (κ1) is 16.0. The number of esters is 1. The number of hydrogen-bond acceptors (Lipinski definition) is 5. The molecule has 0 aliphatic carbocycles. The summed E-state index contributed by atoms with van der Waals surface area (Å²) in [5, 5.41) is 20.1. The van der Waals surface area contributed by atoms with Crippen molar-refractivity contribution in [3.05, 3.63) is 27.7 Å². The highest BCUT2D eigenvalue weighted by Gasteiger charge is 2.24. The van der Waals surface area contributed by atoms with Gasteiger partial charge in [-0.15, -0.1) is 0 Å². The molecule has 0 amide bonds. The Kier molecular flexibility index (Phi) is 5.87. The second kappa shape index (κ2) is 6.96.